The lowest BCUT2D eigenvalue weighted by atomic mass is 10.2. The summed E-state index contributed by atoms with van der Waals surface area (Å²) >= 11 is 0. The molecule has 14 heavy (non-hydrogen) atoms. The van der Waals surface area contributed by atoms with Crippen molar-refractivity contribution in [1.29, 1.82) is 0 Å². The first-order valence-electron chi connectivity index (χ1n) is 4.94. The summed E-state index contributed by atoms with van der Waals surface area (Å²) in [5.41, 5.74) is 0. The average Bonchev–Trinajstić information content (AvgIpc) is 2.00. The maximum Gasteiger partial charge on any atom is 0.148 e. The Morgan fingerprint density at radius 2 is 2.00 bits per heavy atom. The van der Waals surface area contributed by atoms with E-state index in [0.717, 1.165) is 6.42 Å². The molecule has 0 saturated carbocycles. The van der Waals surface area contributed by atoms with Gasteiger partial charge in [-0.25, -0.2) is 8.42 Å². The summed E-state index contributed by atoms with van der Waals surface area (Å²) in [6.07, 6.45) is 2.35. The minimum absolute atomic E-state index is 0.0472. The van der Waals surface area contributed by atoms with Crippen molar-refractivity contribution in [3.05, 3.63) is 0 Å². The Morgan fingerprint density at radius 1 is 1.43 bits per heavy atom. The number of aliphatic hydroxyl groups is 1. The van der Waals surface area contributed by atoms with Crippen LogP contribution in [0.4, 0.5) is 0 Å². The zero-order valence-corrected chi connectivity index (χ0v) is 9.97. The molecule has 0 fully saturated rings. The molecule has 4 nitrogen and oxygen atoms in total. The molecule has 0 aromatic carbocycles. The maximum absolute atomic E-state index is 10.9. The topological polar surface area (TPSA) is 66.4 Å². The van der Waals surface area contributed by atoms with Gasteiger partial charge in [-0.3, -0.25) is 0 Å². The van der Waals surface area contributed by atoms with Gasteiger partial charge in [0.05, 0.1) is 11.9 Å². The Kier molecular flexibility index (Phi) is 6.31. The normalized spacial score (nSPS) is 16.6. The van der Waals surface area contributed by atoms with E-state index in [1.54, 1.807) is 0 Å². The van der Waals surface area contributed by atoms with Gasteiger partial charge in [0.1, 0.15) is 9.84 Å². The molecular weight excluding hydrogens is 202 g/mol. The molecule has 0 saturated heterocycles. The van der Waals surface area contributed by atoms with Gasteiger partial charge in [-0.15, -0.1) is 0 Å². The molecule has 0 aliphatic carbocycles. The lowest BCUT2D eigenvalue weighted by molar-refractivity contribution is 0.159. The van der Waals surface area contributed by atoms with Crippen LogP contribution in [0.25, 0.3) is 0 Å². The molecule has 86 valence electrons. The standard InChI is InChI=1S/C9H21NO3S/c1-4-9(11)5-6-10-8(2)7-14(3,12)13/h8-11H,4-7H2,1-3H3. The van der Waals surface area contributed by atoms with Crippen LogP contribution >= 0.6 is 0 Å². The highest BCUT2D eigenvalue weighted by molar-refractivity contribution is 7.90. The van der Waals surface area contributed by atoms with Gasteiger partial charge in [0.25, 0.3) is 0 Å². The van der Waals surface area contributed by atoms with Crippen LogP contribution < -0.4 is 5.32 Å². The van der Waals surface area contributed by atoms with Gasteiger partial charge < -0.3 is 10.4 Å². The summed E-state index contributed by atoms with van der Waals surface area (Å²) in [7, 11) is -2.90. The van der Waals surface area contributed by atoms with Gasteiger partial charge in [-0.1, -0.05) is 6.92 Å². The summed E-state index contributed by atoms with van der Waals surface area (Å²) in [6.45, 7) is 4.41. The number of hydrogen-bond acceptors (Lipinski definition) is 4. The molecule has 0 heterocycles. The first-order chi connectivity index (χ1) is 6.35. The molecule has 0 radical (unpaired) electrons. The smallest absolute Gasteiger partial charge is 0.148 e. The third kappa shape index (κ3) is 8.47. The van der Waals surface area contributed by atoms with Crippen LogP contribution in [0.15, 0.2) is 0 Å². The maximum atomic E-state index is 10.9. The molecule has 5 heteroatoms. The molecule has 0 aliphatic rings. The Balaban J connectivity index is 3.60. The Hall–Kier alpha value is -0.130. The third-order valence-electron chi connectivity index (χ3n) is 1.99. The van der Waals surface area contributed by atoms with Crippen molar-refractivity contribution < 1.29 is 13.5 Å². The molecule has 2 N–H and O–H groups in total. The van der Waals surface area contributed by atoms with Crippen LogP contribution in [0.3, 0.4) is 0 Å². The van der Waals surface area contributed by atoms with E-state index in [1.807, 2.05) is 13.8 Å². The van der Waals surface area contributed by atoms with Crippen LogP contribution in [0, 0.1) is 0 Å². The summed E-state index contributed by atoms with van der Waals surface area (Å²) in [5.74, 6) is 0.148. The number of rotatable bonds is 7. The van der Waals surface area contributed by atoms with E-state index in [2.05, 4.69) is 5.32 Å². The van der Waals surface area contributed by atoms with Crippen LogP contribution in [-0.2, 0) is 9.84 Å². The Labute approximate surface area is 86.6 Å². The van der Waals surface area contributed by atoms with E-state index in [9.17, 15) is 13.5 Å². The predicted octanol–water partition coefficient (Wildman–Crippen LogP) is 0.170. The lowest BCUT2D eigenvalue weighted by Gasteiger charge is -2.14. The van der Waals surface area contributed by atoms with E-state index in [-0.39, 0.29) is 17.9 Å². The van der Waals surface area contributed by atoms with Crippen molar-refractivity contribution >= 4 is 9.84 Å². The molecule has 0 rings (SSSR count). The monoisotopic (exact) mass is 223 g/mol. The number of hydrogen-bond donors (Lipinski definition) is 2. The number of sulfone groups is 1. The van der Waals surface area contributed by atoms with E-state index in [4.69, 9.17) is 0 Å². The molecule has 2 atom stereocenters. The van der Waals surface area contributed by atoms with Gasteiger partial charge in [-0.05, 0) is 26.3 Å². The van der Waals surface area contributed by atoms with Crippen molar-refractivity contribution in [3.8, 4) is 0 Å². The molecule has 0 spiro atoms. The number of aliphatic hydroxyl groups excluding tert-OH is 1. The summed E-state index contributed by atoms with van der Waals surface area (Å²) in [4.78, 5) is 0. The molecule has 0 aliphatic heterocycles. The van der Waals surface area contributed by atoms with Crippen LogP contribution in [0.2, 0.25) is 0 Å². The first-order valence-corrected chi connectivity index (χ1v) is 7.00. The van der Waals surface area contributed by atoms with E-state index in [1.165, 1.54) is 6.26 Å². The van der Waals surface area contributed by atoms with Gasteiger partial charge >= 0.3 is 0 Å². The van der Waals surface area contributed by atoms with Crippen molar-refractivity contribution in [2.45, 2.75) is 38.8 Å². The Morgan fingerprint density at radius 3 is 2.43 bits per heavy atom. The molecular formula is C9H21NO3S. The second kappa shape index (κ2) is 6.37. The Bertz CT molecular complexity index is 238. The fourth-order valence-corrected chi connectivity index (χ4v) is 2.24. The summed E-state index contributed by atoms with van der Waals surface area (Å²) in [5, 5.41) is 12.3. The highest BCUT2D eigenvalue weighted by atomic mass is 32.2. The fraction of sp³-hybridized carbons (Fsp3) is 1.00. The van der Waals surface area contributed by atoms with Gasteiger partial charge in [0, 0.05) is 12.3 Å². The largest absolute Gasteiger partial charge is 0.393 e. The van der Waals surface area contributed by atoms with E-state index >= 15 is 0 Å². The van der Waals surface area contributed by atoms with Gasteiger partial charge in [0.2, 0.25) is 0 Å². The first kappa shape index (κ1) is 13.9. The molecule has 0 amide bonds. The SMILES string of the molecule is CCC(O)CCNC(C)CS(C)(=O)=O. The summed E-state index contributed by atoms with van der Waals surface area (Å²) < 4.78 is 21.8. The summed E-state index contributed by atoms with van der Waals surface area (Å²) in [6, 6.07) is -0.0472. The quantitative estimate of drug-likeness (QED) is 0.646. The predicted molar refractivity (Wildman–Crippen MR) is 58.1 cm³/mol. The van der Waals surface area contributed by atoms with E-state index in [0.29, 0.717) is 13.0 Å². The van der Waals surface area contributed by atoms with Gasteiger partial charge in [0.15, 0.2) is 0 Å². The minimum Gasteiger partial charge on any atom is -0.393 e. The molecule has 2 unspecified atom stereocenters. The van der Waals surface area contributed by atoms with Gasteiger partial charge in [-0.2, -0.15) is 0 Å². The van der Waals surface area contributed by atoms with Crippen molar-refractivity contribution in [2.75, 3.05) is 18.6 Å². The minimum atomic E-state index is -2.90. The highest BCUT2D eigenvalue weighted by Crippen LogP contribution is 1.96. The molecule has 0 bridgehead atoms. The van der Waals surface area contributed by atoms with Crippen LogP contribution in [0.5, 0.6) is 0 Å². The molecule has 0 aromatic rings. The van der Waals surface area contributed by atoms with Crippen molar-refractivity contribution in [1.82, 2.24) is 5.32 Å². The highest BCUT2D eigenvalue weighted by Gasteiger charge is 2.09. The molecule has 0 aromatic heterocycles. The lowest BCUT2D eigenvalue weighted by Crippen LogP contribution is -2.34. The zero-order chi connectivity index (χ0) is 11.2. The average molecular weight is 223 g/mol. The second-order valence-electron chi connectivity index (χ2n) is 3.80. The fourth-order valence-electron chi connectivity index (χ4n) is 1.21. The van der Waals surface area contributed by atoms with E-state index < -0.39 is 9.84 Å². The second-order valence-corrected chi connectivity index (χ2v) is 5.98. The number of nitrogens with one attached hydrogen (secondary N) is 1. The zero-order valence-electron chi connectivity index (χ0n) is 9.16. The van der Waals surface area contributed by atoms with Crippen LogP contribution in [-0.4, -0.2) is 44.2 Å². The third-order valence-corrected chi connectivity index (χ3v) is 3.10. The van der Waals surface area contributed by atoms with Crippen LogP contribution in [0.1, 0.15) is 26.7 Å². The van der Waals surface area contributed by atoms with Crippen molar-refractivity contribution in [2.24, 2.45) is 0 Å². The van der Waals surface area contributed by atoms with Crippen molar-refractivity contribution in [3.63, 3.8) is 0 Å².